The van der Waals surface area contributed by atoms with E-state index < -0.39 is 0 Å². The molecule has 0 bridgehead atoms. The third kappa shape index (κ3) is 4.60. The Morgan fingerprint density at radius 2 is 1.93 bits per heavy atom. The van der Waals surface area contributed by atoms with Gasteiger partial charge in [-0.25, -0.2) is 4.68 Å². The lowest BCUT2D eigenvalue weighted by molar-refractivity contribution is 0.0948. The van der Waals surface area contributed by atoms with Gasteiger partial charge < -0.3 is 5.32 Å². The molecule has 3 aromatic rings. The van der Waals surface area contributed by atoms with Gasteiger partial charge in [-0.05, 0) is 43.2 Å². The fraction of sp³-hybridized carbons (Fsp3) is 0.318. The second-order valence-corrected chi connectivity index (χ2v) is 7.10. The molecule has 0 aliphatic rings. The minimum Gasteiger partial charge on any atom is -0.346 e. The maximum absolute atomic E-state index is 13.1. The first-order valence-electron chi connectivity index (χ1n) is 9.68. The molecular formula is C22H25ClN4O. The van der Waals surface area contributed by atoms with Crippen molar-refractivity contribution in [3.63, 3.8) is 0 Å². The van der Waals surface area contributed by atoms with Gasteiger partial charge >= 0.3 is 0 Å². The van der Waals surface area contributed by atoms with Gasteiger partial charge in [0.25, 0.3) is 5.91 Å². The van der Waals surface area contributed by atoms with Crippen LogP contribution in [-0.4, -0.2) is 20.7 Å². The molecule has 0 atom stereocenters. The zero-order chi connectivity index (χ0) is 19.9. The SMILES string of the molecule is CCCc1nn(-c2cccc(Cl)c2)c(CCC)c1C(=O)NCc1ccccn1. The third-order valence-corrected chi connectivity index (χ3v) is 4.70. The summed E-state index contributed by atoms with van der Waals surface area (Å²) in [6, 6.07) is 13.2. The van der Waals surface area contributed by atoms with Crippen LogP contribution in [0.4, 0.5) is 0 Å². The Morgan fingerprint density at radius 3 is 2.61 bits per heavy atom. The predicted octanol–water partition coefficient (Wildman–Crippen LogP) is 4.76. The maximum atomic E-state index is 13.1. The van der Waals surface area contributed by atoms with E-state index in [2.05, 4.69) is 24.1 Å². The average molecular weight is 397 g/mol. The molecule has 3 rings (SSSR count). The van der Waals surface area contributed by atoms with Crippen molar-refractivity contribution in [1.82, 2.24) is 20.1 Å². The molecule has 0 unspecified atom stereocenters. The number of aryl methyl sites for hydroxylation is 1. The molecule has 0 saturated heterocycles. The summed E-state index contributed by atoms with van der Waals surface area (Å²) in [7, 11) is 0. The Bertz CT molecular complexity index is 937. The highest BCUT2D eigenvalue weighted by atomic mass is 35.5. The van der Waals surface area contributed by atoms with Gasteiger partial charge in [0.2, 0.25) is 0 Å². The highest BCUT2D eigenvalue weighted by Gasteiger charge is 2.23. The number of nitrogens with zero attached hydrogens (tertiary/aromatic N) is 3. The van der Waals surface area contributed by atoms with Crippen molar-refractivity contribution < 1.29 is 4.79 Å². The van der Waals surface area contributed by atoms with Crippen LogP contribution < -0.4 is 5.32 Å². The van der Waals surface area contributed by atoms with Gasteiger partial charge in [-0.3, -0.25) is 9.78 Å². The predicted molar refractivity (Wildman–Crippen MR) is 112 cm³/mol. The van der Waals surface area contributed by atoms with Crippen LogP contribution in [0, 0.1) is 0 Å². The molecular weight excluding hydrogens is 372 g/mol. The van der Waals surface area contributed by atoms with Crippen molar-refractivity contribution in [3.8, 4) is 5.69 Å². The summed E-state index contributed by atoms with van der Waals surface area (Å²) >= 11 is 6.18. The largest absolute Gasteiger partial charge is 0.346 e. The molecule has 0 spiro atoms. The normalized spacial score (nSPS) is 10.8. The number of benzene rings is 1. The van der Waals surface area contributed by atoms with Gasteiger partial charge in [0, 0.05) is 11.2 Å². The van der Waals surface area contributed by atoms with Gasteiger partial charge in [-0.2, -0.15) is 5.10 Å². The van der Waals surface area contributed by atoms with E-state index in [1.165, 1.54) is 0 Å². The highest BCUT2D eigenvalue weighted by Crippen LogP contribution is 2.24. The van der Waals surface area contributed by atoms with Crippen LogP contribution in [0.5, 0.6) is 0 Å². The fourth-order valence-corrected chi connectivity index (χ4v) is 3.41. The number of amides is 1. The molecule has 0 saturated carbocycles. The van der Waals surface area contributed by atoms with Crippen molar-refractivity contribution >= 4 is 17.5 Å². The Hall–Kier alpha value is -2.66. The van der Waals surface area contributed by atoms with Gasteiger partial charge in [0.05, 0.1) is 34.9 Å². The maximum Gasteiger partial charge on any atom is 0.255 e. The van der Waals surface area contributed by atoms with Crippen molar-refractivity contribution in [2.24, 2.45) is 0 Å². The molecule has 2 aromatic heterocycles. The number of hydrogen-bond acceptors (Lipinski definition) is 3. The van der Waals surface area contributed by atoms with Gasteiger partial charge in [-0.1, -0.05) is 50.4 Å². The second kappa shape index (κ2) is 9.51. The van der Waals surface area contributed by atoms with E-state index in [9.17, 15) is 4.79 Å². The van der Waals surface area contributed by atoms with E-state index in [4.69, 9.17) is 16.7 Å². The van der Waals surface area contributed by atoms with Crippen LogP contribution in [0.3, 0.4) is 0 Å². The number of nitrogens with one attached hydrogen (secondary N) is 1. The van der Waals surface area contributed by atoms with Crippen LogP contribution >= 0.6 is 11.6 Å². The summed E-state index contributed by atoms with van der Waals surface area (Å²) in [5, 5.41) is 8.44. The molecule has 28 heavy (non-hydrogen) atoms. The first-order valence-corrected chi connectivity index (χ1v) is 10.1. The number of hydrogen-bond donors (Lipinski definition) is 1. The molecule has 146 valence electrons. The minimum absolute atomic E-state index is 0.106. The van der Waals surface area contributed by atoms with Crippen molar-refractivity contribution in [2.45, 2.75) is 46.1 Å². The summed E-state index contributed by atoms with van der Waals surface area (Å²) in [4.78, 5) is 17.4. The molecule has 0 radical (unpaired) electrons. The number of rotatable bonds is 8. The molecule has 0 fully saturated rings. The molecule has 5 nitrogen and oxygen atoms in total. The van der Waals surface area contributed by atoms with Crippen molar-refractivity contribution in [1.29, 1.82) is 0 Å². The molecule has 2 heterocycles. The third-order valence-electron chi connectivity index (χ3n) is 4.46. The number of carbonyl (C=O) groups is 1. The van der Waals surface area contributed by atoms with Crippen molar-refractivity contribution in [2.75, 3.05) is 0 Å². The molecule has 1 N–H and O–H groups in total. The topological polar surface area (TPSA) is 59.8 Å². The van der Waals surface area contributed by atoms with E-state index in [-0.39, 0.29) is 5.91 Å². The van der Waals surface area contributed by atoms with Crippen LogP contribution in [-0.2, 0) is 19.4 Å². The number of halogens is 1. The van der Waals surface area contributed by atoms with E-state index in [1.54, 1.807) is 6.20 Å². The molecule has 0 aliphatic carbocycles. The average Bonchev–Trinajstić information content (AvgIpc) is 3.06. The number of aromatic nitrogens is 3. The van der Waals surface area contributed by atoms with Gasteiger partial charge in [-0.15, -0.1) is 0 Å². The first-order chi connectivity index (χ1) is 13.6. The summed E-state index contributed by atoms with van der Waals surface area (Å²) in [5.41, 5.74) is 4.13. The van der Waals surface area contributed by atoms with Crippen molar-refractivity contribution in [3.05, 3.63) is 76.3 Å². The zero-order valence-corrected chi connectivity index (χ0v) is 17.0. The van der Waals surface area contributed by atoms with E-state index in [1.807, 2.05) is 47.1 Å². The number of carbonyl (C=O) groups excluding carboxylic acids is 1. The highest BCUT2D eigenvalue weighted by molar-refractivity contribution is 6.30. The summed E-state index contributed by atoms with van der Waals surface area (Å²) in [6.07, 6.45) is 5.06. The monoisotopic (exact) mass is 396 g/mol. The first kappa shape index (κ1) is 20.1. The summed E-state index contributed by atoms with van der Waals surface area (Å²) in [5.74, 6) is -0.106. The lowest BCUT2D eigenvalue weighted by atomic mass is 10.1. The standard InChI is InChI=1S/C22H25ClN4O/c1-3-8-19-21(22(28)25-15-17-11-5-6-13-24-17)20(9-4-2)27(26-19)18-12-7-10-16(23)14-18/h5-7,10-14H,3-4,8-9,15H2,1-2H3,(H,25,28). The smallest absolute Gasteiger partial charge is 0.255 e. The molecule has 1 amide bonds. The Kier molecular flexibility index (Phi) is 6.82. The summed E-state index contributed by atoms with van der Waals surface area (Å²) < 4.78 is 1.87. The molecule has 1 aromatic carbocycles. The summed E-state index contributed by atoms with van der Waals surface area (Å²) in [6.45, 7) is 4.58. The minimum atomic E-state index is -0.106. The Morgan fingerprint density at radius 1 is 1.11 bits per heavy atom. The molecule has 0 aliphatic heterocycles. The van der Waals surface area contributed by atoms with Crippen LogP contribution in [0.25, 0.3) is 5.69 Å². The Labute approximate surface area is 170 Å². The van der Waals surface area contributed by atoms with E-state index >= 15 is 0 Å². The van der Waals surface area contributed by atoms with Crippen LogP contribution in [0.15, 0.2) is 48.7 Å². The second-order valence-electron chi connectivity index (χ2n) is 6.66. The Balaban J connectivity index is 1.98. The fourth-order valence-electron chi connectivity index (χ4n) is 3.23. The lowest BCUT2D eigenvalue weighted by Gasteiger charge is -2.10. The van der Waals surface area contributed by atoms with Crippen LogP contribution in [0.1, 0.15) is 54.1 Å². The van der Waals surface area contributed by atoms with Crippen LogP contribution in [0.2, 0.25) is 5.02 Å². The number of pyridine rings is 1. The zero-order valence-electron chi connectivity index (χ0n) is 16.3. The van der Waals surface area contributed by atoms with Gasteiger partial charge in [0.15, 0.2) is 0 Å². The molecule has 6 heteroatoms. The van der Waals surface area contributed by atoms with E-state index in [0.29, 0.717) is 17.1 Å². The van der Waals surface area contributed by atoms with E-state index in [0.717, 1.165) is 48.5 Å². The van der Waals surface area contributed by atoms with Gasteiger partial charge in [0.1, 0.15) is 0 Å². The lowest BCUT2D eigenvalue weighted by Crippen LogP contribution is -2.25. The quantitative estimate of drug-likeness (QED) is 0.597.